The lowest BCUT2D eigenvalue weighted by Crippen LogP contribution is -2.09. The number of hydrogen-bond donors (Lipinski definition) is 0. The molecule has 1 aromatic carbocycles. The number of carbonyl (C=O) groups is 1. The molecule has 0 fully saturated rings. The molecule has 82 valence electrons. The molecule has 0 bridgehead atoms. The normalized spacial score (nSPS) is 11.5. The third-order valence-electron chi connectivity index (χ3n) is 1.72. The summed E-state index contributed by atoms with van der Waals surface area (Å²) < 4.78 is 48.6. The van der Waals surface area contributed by atoms with Gasteiger partial charge in [-0.25, -0.2) is 4.39 Å². The van der Waals surface area contributed by atoms with Crippen LogP contribution in [0, 0.1) is 0 Å². The molecule has 0 unspecified atom stereocenters. The Morgan fingerprint density at radius 1 is 1.33 bits per heavy atom. The van der Waals surface area contributed by atoms with Crippen molar-refractivity contribution in [3.8, 4) is 0 Å². The average molecular weight is 241 g/mol. The summed E-state index contributed by atoms with van der Waals surface area (Å²) in [6, 6.07) is 2.20. The van der Waals surface area contributed by atoms with Crippen molar-refractivity contribution < 1.29 is 22.4 Å². The van der Waals surface area contributed by atoms with Gasteiger partial charge in [-0.15, -0.1) is 0 Å². The Kier molecular flexibility index (Phi) is 3.34. The molecule has 6 heteroatoms. The lowest BCUT2D eigenvalue weighted by atomic mass is 10.1. The summed E-state index contributed by atoms with van der Waals surface area (Å²) in [4.78, 5) is 10.9. The van der Waals surface area contributed by atoms with Crippen molar-refractivity contribution in [2.75, 3.05) is 6.67 Å². The topological polar surface area (TPSA) is 17.1 Å². The largest absolute Gasteiger partial charge is 0.416 e. The second kappa shape index (κ2) is 4.18. The Balaban J connectivity index is 3.23. The third kappa shape index (κ3) is 2.68. The first kappa shape index (κ1) is 12.0. The number of ketones is 1. The number of carbonyl (C=O) groups excluding carboxylic acids is 1. The second-order valence-electron chi connectivity index (χ2n) is 2.75. The second-order valence-corrected chi connectivity index (χ2v) is 3.16. The van der Waals surface area contributed by atoms with Crippen LogP contribution in [0.3, 0.4) is 0 Å². The predicted octanol–water partition coefficient (Wildman–Crippen LogP) is 3.51. The summed E-state index contributed by atoms with van der Waals surface area (Å²) >= 11 is 5.47. The lowest BCUT2D eigenvalue weighted by molar-refractivity contribution is -0.137. The van der Waals surface area contributed by atoms with E-state index in [9.17, 15) is 22.4 Å². The molecule has 0 aliphatic rings. The van der Waals surface area contributed by atoms with E-state index >= 15 is 0 Å². The number of hydrogen-bond acceptors (Lipinski definition) is 1. The van der Waals surface area contributed by atoms with Gasteiger partial charge in [0.05, 0.1) is 10.6 Å². The summed E-state index contributed by atoms with van der Waals surface area (Å²) in [7, 11) is 0. The number of Topliss-reactive ketones (excluding diaryl/α,β-unsaturated/α-hetero) is 1. The van der Waals surface area contributed by atoms with Crippen LogP contribution in [-0.2, 0) is 6.18 Å². The van der Waals surface area contributed by atoms with Crippen molar-refractivity contribution in [2.24, 2.45) is 0 Å². The van der Waals surface area contributed by atoms with E-state index in [2.05, 4.69) is 0 Å². The van der Waals surface area contributed by atoms with Crippen molar-refractivity contribution in [3.05, 3.63) is 34.3 Å². The molecule has 0 atom stereocenters. The first-order valence-corrected chi connectivity index (χ1v) is 4.20. The van der Waals surface area contributed by atoms with Gasteiger partial charge < -0.3 is 0 Å². The highest BCUT2D eigenvalue weighted by molar-refractivity contribution is 6.34. The number of benzene rings is 1. The summed E-state index contributed by atoms with van der Waals surface area (Å²) in [5.41, 5.74) is -1.47. The Labute approximate surface area is 87.7 Å². The number of rotatable bonds is 2. The maximum atomic E-state index is 12.2. The van der Waals surface area contributed by atoms with Gasteiger partial charge in [0.1, 0.15) is 0 Å². The Morgan fingerprint density at radius 2 is 1.93 bits per heavy atom. The molecule has 0 saturated carbocycles. The third-order valence-corrected chi connectivity index (χ3v) is 2.05. The van der Waals surface area contributed by atoms with Gasteiger partial charge in [0.15, 0.2) is 12.5 Å². The summed E-state index contributed by atoms with van der Waals surface area (Å²) in [5, 5.41) is -0.189. The molecular formula is C9H5ClF4O. The molecule has 0 aliphatic carbocycles. The minimum Gasteiger partial charge on any atom is -0.291 e. The molecule has 0 spiro atoms. The van der Waals surface area contributed by atoms with E-state index in [1.807, 2.05) is 0 Å². The Morgan fingerprint density at radius 3 is 2.40 bits per heavy atom. The maximum absolute atomic E-state index is 12.2. The minimum atomic E-state index is -4.57. The first-order chi connectivity index (χ1) is 6.86. The molecule has 15 heavy (non-hydrogen) atoms. The summed E-state index contributed by atoms with van der Waals surface area (Å²) in [6.07, 6.45) is -4.57. The Bertz CT molecular complexity index is 386. The zero-order valence-electron chi connectivity index (χ0n) is 7.24. The van der Waals surface area contributed by atoms with Gasteiger partial charge >= 0.3 is 6.18 Å². The zero-order valence-corrected chi connectivity index (χ0v) is 7.99. The molecule has 0 amide bonds. The van der Waals surface area contributed by atoms with Crippen LogP contribution in [0.4, 0.5) is 17.6 Å². The fraction of sp³-hybridized carbons (Fsp3) is 0.222. The van der Waals surface area contributed by atoms with Crippen LogP contribution in [0.1, 0.15) is 15.9 Å². The molecule has 0 N–H and O–H groups in total. The van der Waals surface area contributed by atoms with Gasteiger partial charge in [0, 0.05) is 5.56 Å². The quantitative estimate of drug-likeness (QED) is 0.571. The standard InChI is InChI=1S/C9H5ClF4O/c10-7-2-1-5(9(12,13)14)3-6(7)8(15)4-11/h1-3H,4H2. The van der Waals surface area contributed by atoms with Crippen LogP contribution < -0.4 is 0 Å². The molecule has 0 radical (unpaired) electrons. The van der Waals surface area contributed by atoms with Gasteiger partial charge in [-0.3, -0.25) is 4.79 Å². The van der Waals surface area contributed by atoms with E-state index in [1.165, 1.54) is 0 Å². The maximum Gasteiger partial charge on any atom is 0.416 e. The smallest absolute Gasteiger partial charge is 0.291 e. The molecule has 1 nitrogen and oxygen atoms in total. The number of halogens is 5. The average Bonchev–Trinajstić information content (AvgIpc) is 2.15. The highest BCUT2D eigenvalue weighted by Gasteiger charge is 2.31. The van der Waals surface area contributed by atoms with Crippen molar-refractivity contribution in [1.29, 1.82) is 0 Å². The van der Waals surface area contributed by atoms with Crippen molar-refractivity contribution in [3.63, 3.8) is 0 Å². The molecule has 0 saturated heterocycles. The Hall–Kier alpha value is -1.10. The van der Waals surface area contributed by atoms with Gasteiger partial charge in [0.25, 0.3) is 0 Å². The van der Waals surface area contributed by atoms with E-state index in [1.54, 1.807) is 0 Å². The van der Waals surface area contributed by atoms with E-state index in [0.717, 1.165) is 12.1 Å². The van der Waals surface area contributed by atoms with Crippen LogP contribution in [0.15, 0.2) is 18.2 Å². The fourth-order valence-electron chi connectivity index (χ4n) is 0.987. The molecule has 1 aromatic rings. The monoisotopic (exact) mass is 240 g/mol. The van der Waals surface area contributed by atoms with Crippen LogP contribution in [0.25, 0.3) is 0 Å². The molecule has 0 aromatic heterocycles. The highest BCUT2D eigenvalue weighted by Crippen LogP contribution is 2.31. The first-order valence-electron chi connectivity index (χ1n) is 3.82. The van der Waals surface area contributed by atoms with E-state index in [4.69, 9.17) is 11.6 Å². The van der Waals surface area contributed by atoms with Crippen LogP contribution in [0.5, 0.6) is 0 Å². The van der Waals surface area contributed by atoms with Crippen molar-refractivity contribution in [2.45, 2.75) is 6.18 Å². The molecule has 0 heterocycles. The lowest BCUT2D eigenvalue weighted by Gasteiger charge is -2.08. The predicted molar refractivity (Wildman–Crippen MR) is 46.8 cm³/mol. The van der Waals surface area contributed by atoms with Gasteiger partial charge in [0.2, 0.25) is 0 Å². The van der Waals surface area contributed by atoms with Crippen molar-refractivity contribution >= 4 is 17.4 Å². The van der Waals surface area contributed by atoms with Gasteiger partial charge in [-0.2, -0.15) is 13.2 Å². The molecule has 0 aliphatic heterocycles. The molecular weight excluding hydrogens is 236 g/mol. The van der Waals surface area contributed by atoms with E-state index in [0.29, 0.717) is 6.07 Å². The number of alkyl halides is 4. The SMILES string of the molecule is O=C(CF)c1cc(C(F)(F)F)ccc1Cl. The van der Waals surface area contributed by atoms with E-state index < -0.39 is 29.8 Å². The van der Waals surface area contributed by atoms with Crippen LogP contribution >= 0.6 is 11.6 Å². The fourth-order valence-corrected chi connectivity index (χ4v) is 1.21. The van der Waals surface area contributed by atoms with Crippen LogP contribution in [-0.4, -0.2) is 12.5 Å². The van der Waals surface area contributed by atoms with Gasteiger partial charge in [-0.05, 0) is 18.2 Å². The minimum absolute atomic E-state index is 0.189. The zero-order chi connectivity index (χ0) is 11.6. The molecule has 1 rings (SSSR count). The highest BCUT2D eigenvalue weighted by atomic mass is 35.5. The van der Waals surface area contributed by atoms with E-state index in [-0.39, 0.29) is 5.02 Å². The van der Waals surface area contributed by atoms with Crippen LogP contribution in [0.2, 0.25) is 5.02 Å². The summed E-state index contributed by atoms with van der Waals surface area (Å²) in [5.74, 6) is -1.06. The van der Waals surface area contributed by atoms with Gasteiger partial charge in [-0.1, -0.05) is 11.6 Å². The summed E-state index contributed by atoms with van der Waals surface area (Å²) in [6.45, 7) is -1.37. The van der Waals surface area contributed by atoms with Crippen molar-refractivity contribution in [1.82, 2.24) is 0 Å².